The number of methoxy groups -OCH3 is 1. The molecule has 0 bridgehead atoms. The Labute approximate surface area is 241 Å². The largest absolute Gasteiger partial charge is 0.540 e. The van der Waals surface area contributed by atoms with Crippen molar-refractivity contribution >= 4 is 31.4 Å². The van der Waals surface area contributed by atoms with Gasteiger partial charge in [-0.15, -0.1) is 0 Å². The number of hydrogen-bond acceptors (Lipinski definition) is 4. The van der Waals surface area contributed by atoms with Gasteiger partial charge in [-0.1, -0.05) is 39.0 Å². The first-order chi connectivity index (χ1) is 19.2. The standard InChI is InChI=1S/C29H34F6N2O4Si/c1-17(16-36-26(39)29(33,34)35)37-23-10-8-9-22(28(30,31)32)21(23)15-20(18-11-13-19(40-5)14-12-18)24(25(37)38)41-42(6,7)27(2,3)4/h8-14,17H,15-16H2,1-7H3,(H,36,39). The molecule has 0 aromatic heterocycles. The van der Waals surface area contributed by atoms with Crippen LogP contribution in [0.1, 0.15) is 44.4 Å². The van der Waals surface area contributed by atoms with Gasteiger partial charge in [-0.2, -0.15) is 26.3 Å². The molecule has 1 aliphatic rings. The zero-order valence-electron chi connectivity index (χ0n) is 24.4. The summed E-state index contributed by atoms with van der Waals surface area (Å²) in [4.78, 5) is 26.9. The van der Waals surface area contributed by atoms with Crippen molar-refractivity contribution in [3.8, 4) is 5.75 Å². The van der Waals surface area contributed by atoms with Crippen molar-refractivity contribution in [2.45, 2.75) is 70.6 Å². The van der Waals surface area contributed by atoms with E-state index < -0.39 is 55.7 Å². The average molecular weight is 617 g/mol. The van der Waals surface area contributed by atoms with Gasteiger partial charge >= 0.3 is 18.3 Å². The van der Waals surface area contributed by atoms with Crippen LogP contribution in [0.2, 0.25) is 18.1 Å². The summed E-state index contributed by atoms with van der Waals surface area (Å²) >= 11 is 0. The Kier molecular flexibility index (Phi) is 9.16. The molecule has 6 nitrogen and oxygen atoms in total. The van der Waals surface area contributed by atoms with Crippen LogP contribution in [-0.2, 0) is 26.6 Å². The number of rotatable bonds is 7. The monoisotopic (exact) mass is 616 g/mol. The van der Waals surface area contributed by atoms with Crippen LogP contribution < -0.4 is 15.0 Å². The number of halogens is 6. The second-order valence-corrected chi connectivity index (χ2v) is 16.3. The molecule has 1 heterocycles. The van der Waals surface area contributed by atoms with Crippen LogP contribution in [0.25, 0.3) is 5.57 Å². The Morgan fingerprint density at radius 3 is 2.12 bits per heavy atom. The lowest BCUT2D eigenvalue weighted by Gasteiger charge is -2.38. The number of allylic oxidation sites excluding steroid dienone is 1. The van der Waals surface area contributed by atoms with E-state index >= 15 is 0 Å². The SMILES string of the molecule is COc1ccc(C2=C(O[Si](C)(C)C(C)(C)C)C(=O)N(C(C)CNC(=O)C(F)(F)F)c3cccc(C(F)(F)F)c3C2)cc1. The number of amides is 2. The van der Waals surface area contributed by atoms with Crippen molar-refractivity contribution in [1.82, 2.24) is 5.32 Å². The predicted molar refractivity (Wildman–Crippen MR) is 149 cm³/mol. The van der Waals surface area contributed by atoms with E-state index in [0.29, 0.717) is 11.3 Å². The number of hydrogen-bond donors (Lipinski definition) is 1. The van der Waals surface area contributed by atoms with Gasteiger partial charge in [0.2, 0.25) is 0 Å². The quantitative estimate of drug-likeness (QED) is 0.266. The van der Waals surface area contributed by atoms with Crippen molar-refractivity contribution < 1.29 is 45.1 Å². The number of carbonyl (C=O) groups excluding carboxylic acids is 2. The van der Waals surface area contributed by atoms with Gasteiger partial charge in [-0.25, -0.2) is 0 Å². The first-order valence-electron chi connectivity index (χ1n) is 13.1. The minimum Gasteiger partial charge on any atom is -0.540 e. The molecule has 0 aliphatic carbocycles. The van der Waals surface area contributed by atoms with Crippen molar-refractivity contribution in [2.75, 3.05) is 18.6 Å². The fraction of sp³-hybridized carbons (Fsp3) is 0.448. The highest BCUT2D eigenvalue weighted by Crippen LogP contribution is 2.45. The van der Waals surface area contributed by atoms with Gasteiger partial charge in [0.1, 0.15) is 5.75 Å². The molecule has 230 valence electrons. The summed E-state index contributed by atoms with van der Waals surface area (Å²) in [5, 5.41) is 1.32. The van der Waals surface area contributed by atoms with E-state index in [1.54, 1.807) is 29.6 Å². The first-order valence-corrected chi connectivity index (χ1v) is 16.0. The van der Waals surface area contributed by atoms with Crippen molar-refractivity contribution in [1.29, 1.82) is 0 Å². The Morgan fingerprint density at radius 2 is 1.62 bits per heavy atom. The zero-order valence-corrected chi connectivity index (χ0v) is 25.4. The molecule has 0 saturated heterocycles. The first kappa shape index (κ1) is 33.0. The van der Waals surface area contributed by atoms with Crippen molar-refractivity contribution in [3.05, 3.63) is 64.9 Å². The lowest BCUT2D eigenvalue weighted by molar-refractivity contribution is -0.173. The average Bonchev–Trinajstić information content (AvgIpc) is 2.99. The molecule has 0 spiro atoms. The third kappa shape index (κ3) is 6.93. The fourth-order valence-electron chi connectivity index (χ4n) is 4.27. The van der Waals surface area contributed by atoms with Gasteiger partial charge in [0.25, 0.3) is 14.2 Å². The summed E-state index contributed by atoms with van der Waals surface area (Å²) in [7, 11) is -1.34. The fourth-order valence-corrected chi connectivity index (χ4v) is 5.29. The number of nitrogens with zero attached hydrogens (tertiary/aromatic N) is 1. The molecule has 0 fully saturated rings. The van der Waals surface area contributed by atoms with Crippen LogP contribution >= 0.6 is 0 Å². The van der Waals surface area contributed by atoms with Crippen LogP contribution in [0.4, 0.5) is 32.0 Å². The molecule has 42 heavy (non-hydrogen) atoms. The van der Waals surface area contributed by atoms with E-state index in [0.717, 1.165) is 17.0 Å². The van der Waals surface area contributed by atoms with E-state index in [4.69, 9.17) is 9.16 Å². The maximum atomic E-state index is 14.4. The summed E-state index contributed by atoms with van der Waals surface area (Å²) in [6, 6.07) is 8.57. The topological polar surface area (TPSA) is 67.9 Å². The van der Waals surface area contributed by atoms with Gasteiger partial charge in [0.05, 0.1) is 18.7 Å². The summed E-state index contributed by atoms with van der Waals surface area (Å²) in [6.07, 6.45) is -10.3. The van der Waals surface area contributed by atoms with Gasteiger partial charge in [-0.3, -0.25) is 9.59 Å². The minimum absolute atomic E-state index is 0.136. The second-order valence-electron chi connectivity index (χ2n) is 11.6. The molecule has 2 aromatic rings. The van der Waals surface area contributed by atoms with Gasteiger partial charge < -0.3 is 19.4 Å². The summed E-state index contributed by atoms with van der Waals surface area (Å²) < 4.78 is 93.5. The summed E-state index contributed by atoms with van der Waals surface area (Å²) in [5.74, 6) is -2.76. The molecular weight excluding hydrogens is 582 g/mol. The molecular formula is C29H34F6N2O4Si. The molecule has 2 amide bonds. The van der Waals surface area contributed by atoms with Crippen molar-refractivity contribution in [2.24, 2.45) is 0 Å². The molecule has 0 radical (unpaired) electrons. The predicted octanol–water partition coefficient (Wildman–Crippen LogP) is 7.10. The molecule has 0 saturated carbocycles. The molecule has 2 aromatic carbocycles. The van der Waals surface area contributed by atoms with E-state index in [1.807, 2.05) is 33.9 Å². The highest BCUT2D eigenvalue weighted by Gasteiger charge is 2.45. The number of ether oxygens (including phenoxy) is 1. The molecule has 1 aliphatic heterocycles. The maximum absolute atomic E-state index is 14.4. The summed E-state index contributed by atoms with van der Waals surface area (Å²) in [6.45, 7) is 10.2. The Hall–Kier alpha value is -3.48. The molecule has 1 atom stereocenters. The number of carbonyl (C=O) groups is 2. The smallest absolute Gasteiger partial charge is 0.471 e. The molecule has 1 N–H and O–H groups in total. The van der Waals surface area contributed by atoms with Gasteiger partial charge in [0.15, 0.2) is 5.76 Å². The van der Waals surface area contributed by atoms with Crippen molar-refractivity contribution in [3.63, 3.8) is 0 Å². The van der Waals surface area contributed by atoms with Crippen LogP contribution in [0.5, 0.6) is 5.75 Å². The van der Waals surface area contributed by atoms with E-state index in [9.17, 15) is 35.9 Å². The molecule has 1 unspecified atom stereocenters. The lowest BCUT2D eigenvalue weighted by Crippen LogP contribution is -2.50. The van der Waals surface area contributed by atoms with Gasteiger partial charge in [-0.05, 0) is 60.4 Å². The molecule has 13 heteroatoms. The van der Waals surface area contributed by atoms with Crippen LogP contribution in [0.15, 0.2) is 48.2 Å². The number of fused-ring (bicyclic) bond motifs is 1. The summed E-state index contributed by atoms with van der Waals surface area (Å²) in [5.41, 5.74) is -0.764. The van der Waals surface area contributed by atoms with Crippen LogP contribution in [0, 0.1) is 0 Å². The number of nitrogens with one attached hydrogen (secondary N) is 1. The zero-order chi connectivity index (χ0) is 31.8. The van der Waals surface area contributed by atoms with Crippen LogP contribution in [-0.4, -0.2) is 46.0 Å². The Bertz CT molecular complexity index is 1360. The minimum atomic E-state index is -5.18. The highest BCUT2D eigenvalue weighted by atomic mass is 28.4. The number of alkyl halides is 6. The normalized spacial score (nSPS) is 15.6. The second kappa shape index (κ2) is 11.7. The highest BCUT2D eigenvalue weighted by molar-refractivity contribution is 6.74. The van der Waals surface area contributed by atoms with Crippen LogP contribution in [0.3, 0.4) is 0 Å². The van der Waals surface area contributed by atoms with Gasteiger partial charge in [0, 0.05) is 24.2 Å². The number of anilines is 1. The maximum Gasteiger partial charge on any atom is 0.471 e. The molecule has 3 rings (SSSR count). The third-order valence-corrected chi connectivity index (χ3v) is 11.9. The lowest BCUT2D eigenvalue weighted by atomic mass is 9.93. The Balaban J connectivity index is 2.32. The van der Waals surface area contributed by atoms with E-state index in [1.165, 1.54) is 20.1 Å². The Morgan fingerprint density at radius 1 is 1.02 bits per heavy atom. The number of benzene rings is 2. The third-order valence-electron chi connectivity index (χ3n) is 7.62. The van der Waals surface area contributed by atoms with E-state index in [2.05, 4.69) is 0 Å². The van der Waals surface area contributed by atoms with E-state index in [-0.39, 0.29) is 29.0 Å².